The number of rotatable bonds is 5. The van der Waals surface area contributed by atoms with E-state index in [0.29, 0.717) is 6.61 Å². The molecule has 1 atom stereocenters. The van der Waals surface area contributed by atoms with Gasteiger partial charge in [-0.15, -0.1) is 11.3 Å². The molecular weight excluding hydrogens is 348 g/mol. The Morgan fingerprint density at radius 3 is 3.04 bits per heavy atom. The third kappa shape index (κ3) is 3.62. The van der Waals surface area contributed by atoms with Crippen LogP contribution in [0.2, 0.25) is 0 Å². The molecular formula is C18H22N6OS. The Bertz CT molecular complexity index is 876. The van der Waals surface area contributed by atoms with Crippen LogP contribution in [0, 0.1) is 6.92 Å². The molecule has 1 unspecified atom stereocenters. The summed E-state index contributed by atoms with van der Waals surface area (Å²) in [6.07, 6.45) is 1.59. The van der Waals surface area contributed by atoms with E-state index in [0.717, 1.165) is 42.0 Å². The van der Waals surface area contributed by atoms with Gasteiger partial charge in [0.05, 0.1) is 24.9 Å². The predicted octanol–water partition coefficient (Wildman–Crippen LogP) is 2.90. The van der Waals surface area contributed by atoms with Crippen molar-refractivity contribution in [2.24, 2.45) is 7.05 Å². The largest absolute Gasteiger partial charge is 0.378 e. The first-order chi connectivity index (χ1) is 12.7. The SMILES string of the molecule is Cc1ccccc1Nc1nc(CN2CCOCC2c2ncnn2C)cs1. The highest BCUT2D eigenvalue weighted by Crippen LogP contribution is 2.27. The zero-order valence-corrected chi connectivity index (χ0v) is 15.7. The first-order valence-corrected chi connectivity index (χ1v) is 9.51. The average molecular weight is 370 g/mol. The highest BCUT2D eigenvalue weighted by Gasteiger charge is 2.28. The fourth-order valence-electron chi connectivity index (χ4n) is 3.15. The summed E-state index contributed by atoms with van der Waals surface area (Å²) in [6.45, 7) is 5.08. The molecule has 3 heterocycles. The van der Waals surface area contributed by atoms with E-state index < -0.39 is 0 Å². The van der Waals surface area contributed by atoms with Gasteiger partial charge in [-0.1, -0.05) is 18.2 Å². The van der Waals surface area contributed by atoms with E-state index in [1.165, 1.54) is 5.56 Å². The van der Waals surface area contributed by atoms with Crippen LogP contribution in [-0.2, 0) is 18.3 Å². The first kappa shape index (κ1) is 17.1. The van der Waals surface area contributed by atoms with Gasteiger partial charge < -0.3 is 10.1 Å². The first-order valence-electron chi connectivity index (χ1n) is 8.63. The monoisotopic (exact) mass is 370 g/mol. The number of nitrogens with zero attached hydrogens (tertiary/aromatic N) is 5. The molecule has 0 saturated carbocycles. The molecule has 1 aromatic carbocycles. The molecule has 3 aromatic rings. The van der Waals surface area contributed by atoms with E-state index in [1.54, 1.807) is 17.7 Å². The molecule has 4 rings (SSSR count). The maximum atomic E-state index is 5.67. The lowest BCUT2D eigenvalue weighted by atomic mass is 10.2. The summed E-state index contributed by atoms with van der Waals surface area (Å²) in [4.78, 5) is 11.5. The van der Waals surface area contributed by atoms with Gasteiger partial charge in [-0.3, -0.25) is 9.58 Å². The van der Waals surface area contributed by atoms with Crippen LogP contribution in [0.4, 0.5) is 10.8 Å². The van der Waals surface area contributed by atoms with Crippen molar-refractivity contribution in [2.75, 3.05) is 25.1 Å². The normalized spacial score (nSPS) is 18.2. The second-order valence-corrected chi connectivity index (χ2v) is 7.25. The summed E-state index contributed by atoms with van der Waals surface area (Å²) in [6, 6.07) is 8.34. The summed E-state index contributed by atoms with van der Waals surface area (Å²) >= 11 is 1.63. The summed E-state index contributed by atoms with van der Waals surface area (Å²) in [5.41, 5.74) is 3.36. The Hall–Kier alpha value is -2.29. The van der Waals surface area contributed by atoms with E-state index in [9.17, 15) is 0 Å². The van der Waals surface area contributed by atoms with E-state index in [4.69, 9.17) is 9.72 Å². The maximum absolute atomic E-state index is 5.67. The Kier molecular flexibility index (Phi) is 4.96. The van der Waals surface area contributed by atoms with Gasteiger partial charge in [-0.25, -0.2) is 9.97 Å². The van der Waals surface area contributed by atoms with Gasteiger partial charge in [0.25, 0.3) is 0 Å². The maximum Gasteiger partial charge on any atom is 0.187 e. The Balaban J connectivity index is 1.47. The lowest BCUT2D eigenvalue weighted by Crippen LogP contribution is -2.40. The number of ether oxygens (including phenoxy) is 1. The van der Waals surface area contributed by atoms with Crippen LogP contribution in [0.5, 0.6) is 0 Å². The zero-order valence-electron chi connectivity index (χ0n) is 14.9. The minimum Gasteiger partial charge on any atom is -0.378 e. The van der Waals surface area contributed by atoms with Crippen LogP contribution >= 0.6 is 11.3 Å². The second-order valence-electron chi connectivity index (χ2n) is 6.39. The lowest BCUT2D eigenvalue weighted by molar-refractivity contribution is -0.0176. The van der Waals surface area contributed by atoms with Crippen molar-refractivity contribution >= 4 is 22.2 Å². The molecule has 0 radical (unpaired) electrons. The summed E-state index contributed by atoms with van der Waals surface area (Å²) < 4.78 is 7.49. The van der Waals surface area contributed by atoms with Crippen molar-refractivity contribution in [3.05, 3.63) is 53.1 Å². The van der Waals surface area contributed by atoms with Crippen LogP contribution in [0.1, 0.15) is 23.1 Å². The number of morpholine rings is 1. The van der Waals surface area contributed by atoms with E-state index in [2.05, 4.69) is 44.7 Å². The van der Waals surface area contributed by atoms with Gasteiger partial charge in [0.2, 0.25) is 0 Å². The standard InChI is InChI=1S/C18H22N6OS/c1-13-5-3-4-6-15(13)22-18-21-14(11-26-18)9-24-7-8-25-10-16(24)17-19-12-20-23(17)2/h3-6,11-12,16H,7-10H2,1-2H3,(H,21,22). The molecule has 1 N–H and O–H groups in total. The third-order valence-electron chi connectivity index (χ3n) is 4.59. The van der Waals surface area contributed by atoms with Gasteiger partial charge in [-0.05, 0) is 18.6 Å². The molecule has 0 spiro atoms. The molecule has 1 aliphatic heterocycles. The third-order valence-corrected chi connectivity index (χ3v) is 5.39. The highest BCUT2D eigenvalue weighted by molar-refractivity contribution is 7.13. The zero-order chi connectivity index (χ0) is 17.9. The minimum atomic E-state index is 0.103. The molecule has 1 saturated heterocycles. The van der Waals surface area contributed by atoms with E-state index in [1.807, 2.05) is 23.9 Å². The number of hydrogen-bond donors (Lipinski definition) is 1. The van der Waals surface area contributed by atoms with Crippen molar-refractivity contribution in [2.45, 2.75) is 19.5 Å². The second kappa shape index (κ2) is 7.53. The van der Waals surface area contributed by atoms with Crippen LogP contribution in [0.3, 0.4) is 0 Å². The lowest BCUT2D eigenvalue weighted by Gasteiger charge is -2.34. The molecule has 7 nitrogen and oxygen atoms in total. The summed E-state index contributed by atoms with van der Waals surface area (Å²) in [7, 11) is 1.92. The number of nitrogens with one attached hydrogen (secondary N) is 1. The molecule has 0 aliphatic carbocycles. The topological polar surface area (TPSA) is 68.1 Å². The molecule has 1 aliphatic rings. The van der Waals surface area contributed by atoms with Crippen molar-refractivity contribution in [3.8, 4) is 0 Å². The van der Waals surface area contributed by atoms with Gasteiger partial charge in [0.1, 0.15) is 12.2 Å². The number of para-hydroxylation sites is 1. The van der Waals surface area contributed by atoms with Crippen LogP contribution in [0.15, 0.2) is 36.0 Å². The number of hydrogen-bond acceptors (Lipinski definition) is 7. The van der Waals surface area contributed by atoms with E-state index >= 15 is 0 Å². The molecule has 136 valence electrons. The van der Waals surface area contributed by atoms with Crippen molar-refractivity contribution in [1.29, 1.82) is 0 Å². The fourth-order valence-corrected chi connectivity index (χ4v) is 3.86. The van der Waals surface area contributed by atoms with Gasteiger partial charge >= 0.3 is 0 Å². The van der Waals surface area contributed by atoms with Crippen molar-refractivity contribution in [1.82, 2.24) is 24.6 Å². The van der Waals surface area contributed by atoms with Gasteiger partial charge in [-0.2, -0.15) is 5.10 Å². The molecule has 2 aromatic heterocycles. The Morgan fingerprint density at radius 1 is 1.35 bits per heavy atom. The quantitative estimate of drug-likeness (QED) is 0.745. The fraction of sp³-hybridized carbons (Fsp3) is 0.389. The summed E-state index contributed by atoms with van der Waals surface area (Å²) in [5, 5.41) is 10.6. The summed E-state index contributed by atoms with van der Waals surface area (Å²) in [5.74, 6) is 0.929. The minimum absolute atomic E-state index is 0.103. The van der Waals surface area contributed by atoms with Crippen molar-refractivity contribution < 1.29 is 4.74 Å². The molecule has 1 fully saturated rings. The van der Waals surface area contributed by atoms with Crippen LogP contribution < -0.4 is 5.32 Å². The molecule has 0 amide bonds. The van der Waals surface area contributed by atoms with Gasteiger partial charge in [0, 0.05) is 31.2 Å². The molecule has 0 bridgehead atoms. The van der Waals surface area contributed by atoms with E-state index in [-0.39, 0.29) is 6.04 Å². The van der Waals surface area contributed by atoms with Gasteiger partial charge in [0.15, 0.2) is 5.13 Å². The molecule has 26 heavy (non-hydrogen) atoms. The average Bonchev–Trinajstić information content (AvgIpc) is 3.26. The number of anilines is 2. The predicted molar refractivity (Wildman–Crippen MR) is 102 cm³/mol. The number of benzene rings is 1. The Labute approximate surface area is 156 Å². The number of aryl methyl sites for hydroxylation is 2. The molecule has 8 heteroatoms. The highest BCUT2D eigenvalue weighted by atomic mass is 32.1. The Morgan fingerprint density at radius 2 is 2.23 bits per heavy atom. The van der Waals surface area contributed by atoms with Crippen LogP contribution in [-0.4, -0.2) is 44.4 Å². The number of thiazole rings is 1. The number of aromatic nitrogens is 4. The van der Waals surface area contributed by atoms with Crippen LogP contribution in [0.25, 0.3) is 0 Å². The van der Waals surface area contributed by atoms with Crippen molar-refractivity contribution in [3.63, 3.8) is 0 Å². The smallest absolute Gasteiger partial charge is 0.187 e.